The van der Waals surface area contributed by atoms with Crippen LogP contribution < -0.4 is 10.5 Å². The number of rotatable bonds is 4. The summed E-state index contributed by atoms with van der Waals surface area (Å²) in [5.41, 5.74) is 8.73. The van der Waals surface area contributed by atoms with Gasteiger partial charge in [-0.3, -0.25) is 0 Å². The van der Waals surface area contributed by atoms with Crippen molar-refractivity contribution in [1.29, 1.82) is 0 Å². The summed E-state index contributed by atoms with van der Waals surface area (Å²) >= 11 is 0. The normalized spacial score (nSPS) is 11.7. The quantitative estimate of drug-likeness (QED) is 0.913. The molecule has 21 heavy (non-hydrogen) atoms. The number of aryl methyl sites for hydroxylation is 2. The number of nitrogens with two attached hydrogens (primary N) is 1. The van der Waals surface area contributed by atoms with Crippen LogP contribution >= 0.6 is 0 Å². The van der Waals surface area contributed by atoms with Crippen molar-refractivity contribution in [2.24, 2.45) is 0 Å². The predicted octanol–water partition coefficient (Wildman–Crippen LogP) is 4.27. The molecular weight excluding hydrogens is 262 g/mol. The van der Waals surface area contributed by atoms with Gasteiger partial charge in [0.25, 0.3) is 0 Å². The van der Waals surface area contributed by atoms with E-state index in [2.05, 4.69) is 38.9 Å². The Morgan fingerprint density at radius 2 is 1.90 bits per heavy atom. The van der Waals surface area contributed by atoms with Crippen LogP contribution in [0.3, 0.4) is 0 Å². The van der Waals surface area contributed by atoms with Gasteiger partial charge in [0.15, 0.2) is 0 Å². The number of ether oxygens (including phenoxy) is 1. The Kier molecular flexibility index (Phi) is 4.26. The molecular formula is C17H25N3O. The molecule has 4 heteroatoms. The molecule has 0 atom stereocenters. The highest BCUT2D eigenvalue weighted by atomic mass is 16.5. The van der Waals surface area contributed by atoms with Crippen LogP contribution in [-0.2, 0) is 12.0 Å². The van der Waals surface area contributed by atoms with Crippen molar-refractivity contribution in [3.8, 4) is 11.6 Å². The number of nitrogen functional groups attached to an aromatic ring is 1. The van der Waals surface area contributed by atoms with E-state index in [1.807, 2.05) is 29.8 Å². The van der Waals surface area contributed by atoms with Gasteiger partial charge in [0, 0.05) is 12.1 Å². The summed E-state index contributed by atoms with van der Waals surface area (Å²) in [6.07, 6.45) is 0.984. The van der Waals surface area contributed by atoms with Gasteiger partial charge in [-0.1, -0.05) is 45.9 Å². The fourth-order valence-corrected chi connectivity index (χ4v) is 2.32. The molecule has 114 valence electrons. The van der Waals surface area contributed by atoms with E-state index in [9.17, 15) is 0 Å². The van der Waals surface area contributed by atoms with Crippen LogP contribution in [-0.4, -0.2) is 9.78 Å². The minimum absolute atomic E-state index is 0.00993. The van der Waals surface area contributed by atoms with Gasteiger partial charge in [-0.2, -0.15) is 5.10 Å². The highest BCUT2D eigenvalue weighted by Crippen LogP contribution is 2.36. The summed E-state index contributed by atoms with van der Waals surface area (Å²) in [6, 6.07) is 8.09. The Labute approximate surface area is 126 Å². The van der Waals surface area contributed by atoms with Crippen molar-refractivity contribution in [3.63, 3.8) is 0 Å². The van der Waals surface area contributed by atoms with E-state index < -0.39 is 0 Å². The third-order valence-corrected chi connectivity index (χ3v) is 3.46. The number of nitrogens with zero attached hydrogens (tertiary/aromatic N) is 2. The number of para-hydroxylation sites is 1. The zero-order valence-electron chi connectivity index (χ0n) is 13.6. The zero-order valence-corrected chi connectivity index (χ0v) is 13.6. The molecule has 0 saturated heterocycles. The fourth-order valence-electron chi connectivity index (χ4n) is 2.32. The van der Waals surface area contributed by atoms with E-state index in [4.69, 9.17) is 10.5 Å². The molecule has 4 nitrogen and oxygen atoms in total. The van der Waals surface area contributed by atoms with E-state index >= 15 is 0 Å². The molecule has 0 unspecified atom stereocenters. The van der Waals surface area contributed by atoms with E-state index in [0.29, 0.717) is 11.6 Å². The Morgan fingerprint density at radius 3 is 2.52 bits per heavy atom. The molecule has 1 aromatic carbocycles. The fraction of sp³-hybridized carbons (Fsp3) is 0.471. The molecule has 0 aliphatic rings. The van der Waals surface area contributed by atoms with Crippen LogP contribution in [0.25, 0.3) is 0 Å². The number of hydrogen-bond donors (Lipinski definition) is 1. The summed E-state index contributed by atoms with van der Waals surface area (Å²) in [5.74, 6) is 1.49. The van der Waals surface area contributed by atoms with Crippen molar-refractivity contribution in [1.82, 2.24) is 9.78 Å². The molecule has 0 aliphatic carbocycles. The van der Waals surface area contributed by atoms with Crippen LogP contribution in [0.1, 0.15) is 45.4 Å². The Morgan fingerprint density at radius 1 is 1.24 bits per heavy atom. The molecule has 0 amide bonds. The molecule has 0 radical (unpaired) electrons. The van der Waals surface area contributed by atoms with Crippen molar-refractivity contribution < 1.29 is 4.74 Å². The van der Waals surface area contributed by atoms with Crippen LogP contribution in [0.4, 0.5) is 5.69 Å². The monoisotopic (exact) mass is 287 g/mol. The number of aromatic nitrogens is 2. The van der Waals surface area contributed by atoms with Gasteiger partial charge in [0.1, 0.15) is 11.4 Å². The molecule has 0 saturated carbocycles. The lowest BCUT2D eigenvalue weighted by molar-refractivity contribution is 0.397. The highest BCUT2D eigenvalue weighted by Gasteiger charge is 2.21. The zero-order chi connectivity index (χ0) is 15.6. The molecule has 2 N–H and O–H groups in total. The summed E-state index contributed by atoms with van der Waals surface area (Å²) in [4.78, 5) is 0. The highest BCUT2D eigenvalue weighted by molar-refractivity contribution is 5.55. The van der Waals surface area contributed by atoms with Crippen molar-refractivity contribution in [3.05, 3.63) is 35.5 Å². The van der Waals surface area contributed by atoms with Gasteiger partial charge in [0.05, 0.1) is 5.69 Å². The smallest absolute Gasteiger partial charge is 0.241 e. The van der Waals surface area contributed by atoms with Gasteiger partial charge in [-0.05, 0) is 24.8 Å². The topological polar surface area (TPSA) is 53.1 Å². The average molecular weight is 287 g/mol. The lowest BCUT2D eigenvalue weighted by atomic mass is 9.86. The van der Waals surface area contributed by atoms with E-state index in [1.54, 1.807) is 0 Å². The van der Waals surface area contributed by atoms with E-state index in [0.717, 1.165) is 30.0 Å². The minimum atomic E-state index is 0.00993. The van der Waals surface area contributed by atoms with Crippen molar-refractivity contribution in [2.75, 3.05) is 5.73 Å². The molecule has 0 aliphatic heterocycles. The number of hydrogen-bond acceptors (Lipinski definition) is 3. The SMILES string of the molecule is CCCn1nc(C)c(N)c1Oc1ccccc1C(C)(C)C. The average Bonchev–Trinajstić information content (AvgIpc) is 2.67. The minimum Gasteiger partial charge on any atom is -0.437 e. The molecule has 0 fully saturated rings. The summed E-state index contributed by atoms with van der Waals surface area (Å²) in [6.45, 7) is 11.3. The second kappa shape index (κ2) is 5.80. The summed E-state index contributed by atoms with van der Waals surface area (Å²) in [7, 11) is 0. The van der Waals surface area contributed by atoms with Gasteiger partial charge in [-0.25, -0.2) is 4.68 Å². The molecule has 1 aromatic heterocycles. The maximum Gasteiger partial charge on any atom is 0.241 e. The third kappa shape index (κ3) is 3.20. The summed E-state index contributed by atoms with van der Waals surface area (Å²) in [5, 5.41) is 4.45. The third-order valence-electron chi connectivity index (χ3n) is 3.46. The van der Waals surface area contributed by atoms with Crippen LogP contribution in [0.15, 0.2) is 24.3 Å². The Bertz CT molecular complexity index is 623. The first kappa shape index (κ1) is 15.4. The van der Waals surface area contributed by atoms with Gasteiger partial charge >= 0.3 is 0 Å². The lowest BCUT2D eigenvalue weighted by Crippen LogP contribution is -2.13. The van der Waals surface area contributed by atoms with Gasteiger partial charge in [0.2, 0.25) is 5.88 Å². The van der Waals surface area contributed by atoms with Gasteiger partial charge in [-0.15, -0.1) is 0 Å². The first-order valence-corrected chi connectivity index (χ1v) is 7.44. The van der Waals surface area contributed by atoms with E-state index in [1.165, 1.54) is 0 Å². The largest absolute Gasteiger partial charge is 0.437 e. The summed E-state index contributed by atoms with van der Waals surface area (Å²) < 4.78 is 8.00. The number of benzene rings is 1. The Hall–Kier alpha value is -1.97. The molecule has 1 heterocycles. The lowest BCUT2D eigenvalue weighted by Gasteiger charge is -2.22. The van der Waals surface area contributed by atoms with Crippen molar-refractivity contribution >= 4 is 5.69 Å². The molecule has 0 spiro atoms. The van der Waals surface area contributed by atoms with Crippen LogP contribution in [0.2, 0.25) is 0 Å². The molecule has 2 rings (SSSR count). The first-order chi connectivity index (χ1) is 9.84. The predicted molar refractivity (Wildman–Crippen MR) is 86.9 cm³/mol. The standard InChI is InChI=1S/C17H25N3O/c1-6-11-20-16(15(18)12(2)19-20)21-14-10-8-7-9-13(14)17(3,4)5/h7-10H,6,11,18H2,1-5H3. The Balaban J connectivity index is 2.44. The van der Waals surface area contributed by atoms with Crippen LogP contribution in [0.5, 0.6) is 11.6 Å². The van der Waals surface area contributed by atoms with Crippen molar-refractivity contribution in [2.45, 2.75) is 53.0 Å². The van der Waals surface area contributed by atoms with Crippen LogP contribution in [0, 0.1) is 6.92 Å². The molecule has 2 aromatic rings. The van der Waals surface area contributed by atoms with Gasteiger partial charge < -0.3 is 10.5 Å². The first-order valence-electron chi connectivity index (χ1n) is 7.44. The maximum absolute atomic E-state index is 6.15. The molecule has 0 bridgehead atoms. The second-order valence-electron chi connectivity index (χ2n) is 6.38. The van der Waals surface area contributed by atoms with E-state index in [-0.39, 0.29) is 5.41 Å². The maximum atomic E-state index is 6.15. The second-order valence-corrected chi connectivity index (χ2v) is 6.38. The number of anilines is 1.